The number of amides is 2. The number of carbonyl (C=O) groups excluding carboxylic acids is 2. The summed E-state index contributed by atoms with van der Waals surface area (Å²) in [6.45, 7) is 0.417. The molecule has 4 aromatic rings. The smallest absolute Gasteiger partial charge is 0.257 e. The Morgan fingerprint density at radius 1 is 0.706 bits per heavy atom. The Bertz CT molecular complexity index is 1310. The Labute approximate surface area is 207 Å². The van der Waals surface area contributed by atoms with Gasteiger partial charge in [-0.15, -0.1) is 0 Å². The van der Waals surface area contributed by atoms with Crippen LogP contribution in [-0.2, 0) is 6.61 Å². The molecule has 0 atom stereocenters. The van der Waals surface area contributed by atoms with E-state index < -0.39 is 0 Å². The third kappa shape index (κ3) is 6.16. The van der Waals surface area contributed by atoms with Gasteiger partial charge in [-0.25, -0.2) is 0 Å². The zero-order valence-electron chi connectivity index (χ0n) is 17.9. The molecule has 0 aliphatic carbocycles. The summed E-state index contributed by atoms with van der Waals surface area (Å²) < 4.78 is 5.80. The minimum Gasteiger partial charge on any atom is -0.489 e. The molecule has 0 aliphatic rings. The van der Waals surface area contributed by atoms with E-state index >= 15 is 0 Å². The van der Waals surface area contributed by atoms with E-state index in [1.807, 2.05) is 36.4 Å². The molecule has 0 unspecified atom stereocenters. The number of hydrogen-bond donors (Lipinski definition) is 2. The monoisotopic (exact) mass is 490 g/mol. The first-order valence-corrected chi connectivity index (χ1v) is 11.2. The molecule has 4 aromatic carbocycles. The number of halogens is 2. The van der Waals surface area contributed by atoms with Crippen molar-refractivity contribution in [3.05, 3.63) is 124 Å². The molecule has 0 saturated heterocycles. The SMILES string of the molecule is O=C(Nc1ccc(NC(=O)c2ccc(Cl)cc2Cl)cc1)c1cccc(OCc2ccccc2)c1. The molecule has 2 N–H and O–H groups in total. The van der Waals surface area contributed by atoms with Crippen LogP contribution in [0.5, 0.6) is 5.75 Å². The second kappa shape index (κ2) is 10.9. The van der Waals surface area contributed by atoms with Crippen molar-refractivity contribution in [2.75, 3.05) is 10.6 Å². The first-order chi connectivity index (χ1) is 16.5. The number of benzene rings is 4. The highest BCUT2D eigenvalue weighted by molar-refractivity contribution is 6.37. The van der Waals surface area contributed by atoms with Crippen molar-refractivity contribution in [1.29, 1.82) is 0 Å². The molecule has 0 spiro atoms. The third-order valence-corrected chi connectivity index (χ3v) is 5.47. The molecular weight excluding hydrogens is 471 g/mol. The van der Waals surface area contributed by atoms with Gasteiger partial charge < -0.3 is 15.4 Å². The van der Waals surface area contributed by atoms with Gasteiger partial charge in [0.15, 0.2) is 0 Å². The quantitative estimate of drug-likeness (QED) is 0.290. The van der Waals surface area contributed by atoms with Gasteiger partial charge in [0.2, 0.25) is 0 Å². The summed E-state index contributed by atoms with van der Waals surface area (Å²) in [5.74, 6) is -0.0175. The van der Waals surface area contributed by atoms with E-state index in [0.717, 1.165) is 5.56 Å². The molecular formula is C27H20Cl2N2O3. The van der Waals surface area contributed by atoms with Crippen LogP contribution in [0.4, 0.5) is 11.4 Å². The molecule has 170 valence electrons. The lowest BCUT2D eigenvalue weighted by Gasteiger charge is -2.10. The summed E-state index contributed by atoms with van der Waals surface area (Å²) in [6.07, 6.45) is 0. The largest absolute Gasteiger partial charge is 0.489 e. The van der Waals surface area contributed by atoms with Crippen LogP contribution in [0.2, 0.25) is 10.0 Å². The van der Waals surface area contributed by atoms with Gasteiger partial charge in [0.1, 0.15) is 12.4 Å². The van der Waals surface area contributed by atoms with E-state index in [1.54, 1.807) is 54.6 Å². The van der Waals surface area contributed by atoms with Crippen LogP contribution >= 0.6 is 23.2 Å². The summed E-state index contributed by atoms with van der Waals surface area (Å²) in [6, 6.07) is 28.3. The third-order valence-electron chi connectivity index (χ3n) is 4.92. The van der Waals surface area contributed by atoms with E-state index in [9.17, 15) is 9.59 Å². The molecule has 0 aliphatic heterocycles. The van der Waals surface area contributed by atoms with Crippen molar-refractivity contribution < 1.29 is 14.3 Å². The fourth-order valence-corrected chi connectivity index (χ4v) is 3.67. The van der Waals surface area contributed by atoms with Crippen molar-refractivity contribution in [2.45, 2.75) is 6.61 Å². The molecule has 0 saturated carbocycles. The Morgan fingerprint density at radius 3 is 2.06 bits per heavy atom. The highest BCUT2D eigenvalue weighted by Crippen LogP contribution is 2.23. The lowest BCUT2D eigenvalue weighted by molar-refractivity contribution is 0.101. The van der Waals surface area contributed by atoms with Crippen LogP contribution < -0.4 is 15.4 Å². The van der Waals surface area contributed by atoms with Gasteiger partial charge in [-0.1, -0.05) is 59.6 Å². The van der Waals surface area contributed by atoms with Crippen molar-refractivity contribution in [3.63, 3.8) is 0 Å². The minimum absolute atomic E-state index is 0.267. The normalized spacial score (nSPS) is 10.4. The summed E-state index contributed by atoms with van der Waals surface area (Å²) in [5, 5.41) is 6.33. The number of carbonyl (C=O) groups is 2. The van der Waals surface area contributed by atoms with Gasteiger partial charge in [0.25, 0.3) is 11.8 Å². The van der Waals surface area contributed by atoms with E-state index in [1.165, 1.54) is 6.07 Å². The van der Waals surface area contributed by atoms with Gasteiger partial charge in [0.05, 0.1) is 10.6 Å². The van der Waals surface area contributed by atoms with Crippen LogP contribution in [0.1, 0.15) is 26.3 Å². The maximum Gasteiger partial charge on any atom is 0.257 e. The summed E-state index contributed by atoms with van der Waals surface area (Å²) in [4.78, 5) is 25.1. The summed E-state index contributed by atoms with van der Waals surface area (Å²) >= 11 is 12.0. The number of anilines is 2. The van der Waals surface area contributed by atoms with Crippen molar-refractivity contribution >= 4 is 46.4 Å². The zero-order chi connectivity index (χ0) is 23.9. The first kappa shape index (κ1) is 23.4. The predicted octanol–water partition coefficient (Wildman–Crippen LogP) is 7.08. The van der Waals surface area contributed by atoms with Crippen LogP contribution in [0.15, 0.2) is 97.1 Å². The lowest BCUT2D eigenvalue weighted by Crippen LogP contribution is -2.13. The lowest BCUT2D eigenvalue weighted by atomic mass is 10.2. The van der Waals surface area contributed by atoms with Gasteiger partial charge in [-0.05, 0) is 66.2 Å². The molecule has 5 nitrogen and oxygen atoms in total. The maximum atomic E-state index is 12.7. The van der Waals surface area contributed by atoms with Crippen LogP contribution in [0, 0.1) is 0 Å². The van der Waals surface area contributed by atoms with Gasteiger partial charge >= 0.3 is 0 Å². The van der Waals surface area contributed by atoms with E-state index in [0.29, 0.717) is 39.9 Å². The van der Waals surface area contributed by atoms with Crippen molar-refractivity contribution in [3.8, 4) is 5.75 Å². The minimum atomic E-state index is -0.356. The second-order valence-corrected chi connectivity index (χ2v) is 8.26. The van der Waals surface area contributed by atoms with Gasteiger partial charge in [-0.2, -0.15) is 0 Å². The number of ether oxygens (including phenoxy) is 1. The number of rotatable bonds is 7. The van der Waals surface area contributed by atoms with E-state index in [4.69, 9.17) is 27.9 Å². The molecule has 0 fully saturated rings. The molecule has 0 heterocycles. The molecule has 0 bridgehead atoms. The Kier molecular flexibility index (Phi) is 7.48. The summed E-state index contributed by atoms with van der Waals surface area (Å²) in [5.41, 5.74) is 2.98. The molecule has 0 aromatic heterocycles. The molecule has 7 heteroatoms. The Morgan fingerprint density at radius 2 is 1.38 bits per heavy atom. The average Bonchev–Trinajstić information content (AvgIpc) is 2.84. The fourth-order valence-electron chi connectivity index (χ4n) is 3.18. The molecule has 2 amide bonds. The van der Waals surface area contributed by atoms with Crippen molar-refractivity contribution in [1.82, 2.24) is 0 Å². The van der Waals surface area contributed by atoms with E-state index in [2.05, 4.69) is 10.6 Å². The summed E-state index contributed by atoms with van der Waals surface area (Å²) in [7, 11) is 0. The molecule has 0 radical (unpaired) electrons. The highest BCUT2D eigenvalue weighted by Gasteiger charge is 2.12. The molecule has 4 rings (SSSR count). The van der Waals surface area contributed by atoms with Gasteiger partial charge in [-0.3, -0.25) is 9.59 Å². The fraction of sp³-hybridized carbons (Fsp3) is 0.0370. The Hall–Kier alpha value is -3.80. The topological polar surface area (TPSA) is 67.4 Å². The van der Waals surface area contributed by atoms with Crippen molar-refractivity contribution in [2.24, 2.45) is 0 Å². The van der Waals surface area contributed by atoms with Gasteiger partial charge in [0, 0.05) is 22.0 Å². The second-order valence-electron chi connectivity index (χ2n) is 7.41. The average molecular weight is 491 g/mol. The Balaban J connectivity index is 1.36. The standard InChI is InChI=1S/C27H20Cl2N2O3/c28-20-9-14-24(25(29)16-20)27(33)31-22-12-10-21(11-13-22)30-26(32)19-7-4-8-23(15-19)34-17-18-5-2-1-3-6-18/h1-16H,17H2,(H,30,32)(H,31,33). The maximum absolute atomic E-state index is 12.7. The van der Waals surface area contributed by atoms with E-state index in [-0.39, 0.29) is 16.8 Å². The van der Waals surface area contributed by atoms with Crippen LogP contribution in [-0.4, -0.2) is 11.8 Å². The van der Waals surface area contributed by atoms with Crippen LogP contribution in [0.25, 0.3) is 0 Å². The van der Waals surface area contributed by atoms with Crippen LogP contribution in [0.3, 0.4) is 0 Å². The first-order valence-electron chi connectivity index (χ1n) is 10.4. The zero-order valence-corrected chi connectivity index (χ0v) is 19.4. The highest BCUT2D eigenvalue weighted by atomic mass is 35.5. The predicted molar refractivity (Wildman–Crippen MR) is 136 cm³/mol. The number of nitrogens with one attached hydrogen (secondary N) is 2. The molecule has 34 heavy (non-hydrogen) atoms. The number of hydrogen-bond acceptors (Lipinski definition) is 3.